The van der Waals surface area contributed by atoms with Crippen molar-refractivity contribution in [2.75, 3.05) is 53.4 Å². The van der Waals surface area contributed by atoms with E-state index in [9.17, 15) is 9.59 Å². The van der Waals surface area contributed by atoms with Crippen LogP contribution in [0.3, 0.4) is 0 Å². The lowest BCUT2D eigenvalue weighted by Gasteiger charge is -2.38. The van der Waals surface area contributed by atoms with Gasteiger partial charge in [0.2, 0.25) is 11.8 Å². The standard InChI is InChI=1S/C19H27ClN4O2.2ClH/c1-22(2)9-10-23-13-14(11-18(23)25)19(26)24-8-7-21-12-17(24)15-5-3-4-6-16(15)20;;/h3-6,14,17,21H,7-13H2,1-2H3;2*1H. The molecule has 2 atom stereocenters. The molecular weight excluding hydrogens is 423 g/mol. The number of nitrogens with one attached hydrogen (secondary N) is 1. The topological polar surface area (TPSA) is 55.9 Å². The number of rotatable bonds is 5. The summed E-state index contributed by atoms with van der Waals surface area (Å²) in [6.45, 7) is 4.08. The number of halogens is 3. The van der Waals surface area contributed by atoms with Gasteiger partial charge < -0.3 is 20.0 Å². The minimum absolute atomic E-state index is 0. The van der Waals surface area contributed by atoms with Crippen molar-refractivity contribution >= 4 is 48.2 Å². The first-order chi connectivity index (χ1) is 12.5. The van der Waals surface area contributed by atoms with E-state index in [1.165, 1.54) is 0 Å². The average Bonchev–Trinajstić information content (AvgIpc) is 3.00. The van der Waals surface area contributed by atoms with Crippen LogP contribution in [-0.4, -0.2) is 79.9 Å². The van der Waals surface area contributed by atoms with Gasteiger partial charge in [-0.25, -0.2) is 0 Å². The summed E-state index contributed by atoms with van der Waals surface area (Å²) in [6, 6.07) is 7.59. The van der Waals surface area contributed by atoms with Crippen LogP contribution in [0, 0.1) is 5.92 Å². The van der Waals surface area contributed by atoms with Crippen molar-refractivity contribution in [2.45, 2.75) is 12.5 Å². The van der Waals surface area contributed by atoms with Crippen LogP contribution in [0.5, 0.6) is 0 Å². The van der Waals surface area contributed by atoms with E-state index in [2.05, 4.69) is 5.32 Å². The Morgan fingerprint density at radius 3 is 2.68 bits per heavy atom. The van der Waals surface area contributed by atoms with Gasteiger partial charge in [-0.1, -0.05) is 29.8 Å². The highest BCUT2D eigenvalue weighted by Crippen LogP contribution is 2.31. The highest BCUT2D eigenvalue weighted by Gasteiger charge is 2.39. The number of piperazine rings is 1. The Hall–Kier alpha value is -1.05. The monoisotopic (exact) mass is 450 g/mol. The number of carbonyl (C=O) groups excluding carboxylic acids is 2. The fraction of sp³-hybridized carbons (Fsp3) is 0.579. The Kier molecular flexibility index (Phi) is 10.0. The van der Waals surface area contributed by atoms with Gasteiger partial charge in [-0.05, 0) is 25.7 Å². The molecule has 0 saturated carbocycles. The summed E-state index contributed by atoms with van der Waals surface area (Å²) in [5.41, 5.74) is 0.962. The van der Waals surface area contributed by atoms with Crippen molar-refractivity contribution in [1.82, 2.24) is 20.0 Å². The molecule has 0 aliphatic carbocycles. The number of amides is 2. The third-order valence-corrected chi connectivity index (χ3v) is 5.52. The Balaban J connectivity index is 0.00000196. The molecule has 1 aromatic carbocycles. The molecule has 158 valence electrons. The number of nitrogens with zero attached hydrogens (tertiary/aromatic N) is 3. The molecule has 2 aliphatic rings. The van der Waals surface area contributed by atoms with Crippen LogP contribution in [-0.2, 0) is 9.59 Å². The Labute approximate surface area is 184 Å². The number of hydrogen-bond donors (Lipinski definition) is 1. The summed E-state index contributed by atoms with van der Waals surface area (Å²) in [7, 11) is 3.97. The van der Waals surface area contributed by atoms with Gasteiger partial charge in [-0.3, -0.25) is 9.59 Å². The van der Waals surface area contributed by atoms with Crippen LogP contribution in [0.15, 0.2) is 24.3 Å². The van der Waals surface area contributed by atoms with Crippen molar-refractivity contribution in [3.05, 3.63) is 34.9 Å². The molecule has 1 N–H and O–H groups in total. The van der Waals surface area contributed by atoms with Crippen LogP contribution < -0.4 is 5.32 Å². The molecule has 28 heavy (non-hydrogen) atoms. The highest BCUT2D eigenvalue weighted by molar-refractivity contribution is 6.31. The fourth-order valence-electron chi connectivity index (χ4n) is 3.70. The molecule has 6 nitrogen and oxygen atoms in total. The normalized spacial score (nSPS) is 22.1. The molecule has 1 aromatic rings. The maximum atomic E-state index is 13.2. The second-order valence-corrected chi connectivity index (χ2v) is 7.72. The molecule has 9 heteroatoms. The molecule has 2 fully saturated rings. The molecule has 0 radical (unpaired) electrons. The summed E-state index contributed by atoms with van der Waals surface area (Å²) in [5, 5.41) is 4.03. The van der Waals surface area contributed by atoms with E-state index < -0.39 is 0 Å². The first-order valence-electron chi connectivity index (χ1n) is 9.15. The van der Waals surface area contributed by atoms with E-state index >= 15 is 0 Å². The molecular formula is C19H29Cl3N4O2. The smallest absolute Gasteiger partial charge is 0.228 e. The minimum Gasteiger partial charge on any atom is -0.341 e. The molecule has 0 spiro atoms. The first-order valence-corrected chi connectivity index (χ1v) is 9.53. The summed E-state index contributed by atoms with van der Waals surface area (Å²) in [6.07, 6.45) is 0.311. The van der Waals surface area contributed by atoms with E-state index in [1.54, 1.807) is 0 Å². The summed E-state index contributed by atoms with van der Waals surface area (Å²) in [4.78, 5) is 31.3. The van der Waals surface area contributed by atoms with Gasteiger partial charge in [0.25, 0.3) is 0 Å². The van der Waals surface area contributed by atoms with Crippen LogP contribution in [0.4, 0.5) is 0 Å². The van der Waals surface area contributed by atoms with Gasteiger partial charge in [0.1, 0.15) is 0 Å². The van der Waals surface area contributed by atoms with E-state index in [4.69, 9.17) is 11.6 Å². The van der Waals surface area contributed by atoms with Crippen LogP contribution >= 0.6 is 36.4 Å². The molecule has 2 unspecified atom stereocenters. The largest absolute Gasteiger partial charge is 0.341 e. The summed E-state index contributed by atoms with van der Waals surface area (Å²) in [5.74, 6) is -0.112. The van der Waals surface area contributed by atoms with Crippen molar-refractivity contribution in [3.8, 4) is 0 Å². The molecule has 2 aliphatic heterocycles. The fourth-order valence-corrected chi connectivity index (χ4v) is 3.96. The molecule has 3 rings (SSSR count). The van der Waals surface area contributed by atoms with Crippen LogP contribution in [0.1, 0.15) is 18.0 Å². The average molecular weight is 452 g/mol. The SMILES string of the molecule is CN(C)CCN1CC(C(=O)N2CCNCC2c2ccccc2Cl)CC1=O.Cl.Cl. The third-order valence-electron chi connectivity index (χ3n) is 5.17. The number of likely N-dealkylation sites (N-methyl/N-ethyl adjacent to an activating group) is 1. The molecule has 0 aromatic heterocycles. The zero-order chi connectivity index (χ0) is 18.7. The summed E-state index contributed by atoms with van der Waals surface area (Å²) < 4.78 is 0. The number of hydrogen-bond acceptors (Lipinski definition) is 4. The molecule has 2 heterocycles. The number of benzene rings is 1. The molecule has 2 amide bonds. The lowest BCUT2D eigenvalue weighted by atomic mass is 9.99. The molecule has 0 bridgehead atoms. The first kappa shape index (κ1) is 25.0. The predicted molar refractivity (Wildman–Crippen MR) is 117 cm³/mol. The van der Waals surface area contributed by atoms with Crippen molar-refractivity contribution in [2.24, 2.45) is 5.92 Å². The van der Waals surface area contributed by atoms with Gasteiger partial charge in [-0.15, -0.1) is 24.8 Å². The second-order valence-electron chi connectivity index (χ2n) is 7.32. The van der Waals surface area contributed by atoms with Crippen LogP contribution in [0.2, 0.25) is 5.02 Å². The minimum atomic E-state index is -0.257. The Bertz CT molecular complexity index is 674. The van der Waals surface area contributed by atoms with Crippen LogP contribution in [0.25, 0.3) is 0 Å². The van der Waals surface area contributed by atoms with Crippen molar-refractivity contribution in [3.63, 3.8) is 0 Å². The van der Waals surface area contributed by atoms with Gasteiger partial charge in [0.15, 0.2) is 0 Å². The lowest BCUT2D eigenvalue weighted by Crippen LogP contribution is -2.51. The second kappa shape index (κ2) is 11.2. The lowest BCUT2D eigenvalue weighted by molar-refractivity contribution is -0.139. The van der Waals surface area contributed by atoms with Crippen molar-refractivity contribution in [1.29, 1.82) is 0 Å². The zero-order valence-electron chi connectivity index (χ0n) is 16.3. The third kappa shape index (κ3) is 5.74. The molecule has 2 saturated heterocycles. The van der Waals surface area contributed by atoms with Gasteiger partial charge in [0, 0.05) is 50.7 Å². The van der Waals surface area contributed by atoms with E-state index in [1.807, 2.05) is 53.1 Å². The number of carbonyl (C=O) groups is 2. The highest BCUT2D eigenvalue weighted by atomic mass is 35.5. The van der Waals surface area contributed by atoms with Gasteiger partial charge >= 0.3 is 0 Å². The van der Waals surface area contributed by atoms with E-state index in [0.717, 1.165) is 18.7 Å². The van der Waals surface area contributed by atoms with Gasteiger partial charge in [-0.2, -0.15) is 0 Å². The Morgan fingerprint density at radius 2 is 2.00 bits per heavy atom. The zero-order valence-corrected chi connectivity index (χ0v) is 18.7. The maximum Gasteiger partial charge on any atom is 0.228 e. The predicted octanol–water partition coefficient (Wildman–Crippen LogP) is 2.07. The quantitative estimate of drug-likeness (QED) is 0.744. The van der Waals surface area contributed by atoms with E-state index in [0.29, 0.717) is 37.6 Å². The summed E-state index contributed by atoms with van der Waals surface area (Å²) >= 11 is 6.37. The Morgan fingerprint density at radius 1 is 1.29 bits per heavy atom. The maximum absolute atomic E-state index is 13.2. The van der Waals surface area contributed by atoms with E-state index in [-0.39, 0.29) is 48.6 Å². The van der Waals surface area contributed by atoms with Gasteiger partial charge in [0.05, 0.1) is 12.0 Å². The van der Waals surface area contributed by atoms with Crippen molar-refractivity contribution < 1.29 is 9.59 Å². The number of likely N-dealkylation sites (tertiary alicyclic amines) is 1.